The zero-order valence-electron chi connectivity index (χ0n) is 9.56. The number of phenols is 1. The third-order valence-corrected chi connectivity index (χ3v) is 2.41. The third-order valence-electron chi connectivity index (χ3n) is 2.41. The number of carbonyl (C=O) groups excluding carboxylic acids is 2. The minimum Gasteiger partial charge on any atom is -0.508 e. The molecule has 0 aliphatic carbocycles. The highest BCUT2D eigenvalue weighted by Crippen LogP contribution is 2.14. The molecule has 16 heavy (non-hydrogen) atoms. The zero-order valence-corrected chi connectivity index (χ0v) is 9.56. The summed E-state index contributed by atoms with van der Waals surface area (Å²) < 4.78 is 0. The molecule has 1 aromatic rings. The Hall–Kier alpha value is -1.64. The molecule has 3 heteroatoms. The summed E-state index contributed by atoms with van der Waals surface area (Å²) in [6.45, 7) is 3.64. The number of ketones is 2. The molecule has 0 aromatic heterocycles. The average Bonchev–Trinajstić information content (AvgIpc) is 2.25. The Morgan fingerprint density at radius 1 is 1.25 bits per heavy atom. The Bertz CT molecular complexity index is 394. The molecule has 1 aromatic carbocycles. The molecule has 1 N–H and O–H groups in total. The first-order valence-corrected chi connectivity index (χ1v) is 5.35. The Morgan fingerprint density at radius 2 is 1.94 bits per heavy atom. The molecule has 0 saturated carbocycles. The first-order chi connectivity index (χ1) is 7.50. The van der Waals surface area contributed by atoms with E-state index in [9.17, 15) is 14.7 Å². The highest BCUT2D eigenvalue weighted by Gasteiger charge is 2.11. The van der Waals surface area contributed by atoms with Gasteiger partial charge in [0.05, 0.1) is 0 Å². The number of rotatable bonds is 5. The van der Waals surface area contributed by atoms with E-state index in [0.29, 0.717) is 5.56 Å². The molecule has 0 atom stereocenters. The molecular formula is C13H16O3. The van der Waals surface area contributed by atoms with Crippen molar-refractivity contribution in [3.63, 3.8) is 0 Å². The van der Waals surface area contributed by atoms with Crippen molar-refractivity contribution in [2.45, 2.75) is 26.7 Å². The lowest BCUT2D eigenvalue weighted by atomic mass is 10.00. The molecule has 1 rings (SSSR count). The lowest BCUT2D eigenvalue weighted by Gasteiger charge is -2.03. The van der Waals surface area contributed by atoms with Gasteiger partial charge in [0, 0.05) is 24.3 Å². The summed E-state index contributed by atoms with van der Waals surface area (Å²) in [6.07, 6.45) is 0.479. The molecule has 0 bridgehead atoms. The van der Waals surface area contributed by atoms with Gasteiger partial charge in [0.25, 0.3) is 0 Å². The first-order valence-electron chi connectivity index (χ1n) is 5.35. The molecule has 0 saturated heterocycles. The van der Waals surface area contributed by atoms with Crippen LogP contribution >= 0.6 is 0 Å². The predicted molar refractivity (Wildman–Crippen MR) is 61.5 cm³/mol. The van der Waals surface area contributed by atoms with Gasteiger partial charge in [-0.2, -0.15) is 0 Å². The molecule has 0 radical (unpaired) electrons. The van der Waals surface area contributed by atoms with E-state index in [2.05, 4.69) is 0 Å². The number of aromatic hydroxyl groups is 1. The summed E-state index contributed by atoms with van der Waals surface area (Å²) in [7, 11) is 0. The van der Waals surface area contributed by atoms with Gasteiger partial charge in [-0.25, -0.2) is 0 Å². The van der Waals surface area contributed by atoms with Gasteiger partial charge in [-0.15, -0.1) is 0 Å². The van der Waals surface area contributed by atoms with Crippen molar-refractivity contribution in [3.8, 4) is 5.75 Å². The van der Waals surface area contributed by atoms with Crippen molar-refractivity contribution in [2.24, 2.45) is 5.92 Å². The fourth-order valence-corrected chi connectivity index (χ4v) is 1.35. The summed E-state index contributed by atoms with van der Waals surface area (Å²) in [5.41, 5.74) is 0.455. The Labute approximate surface area is 95.1 Å². The van der Waals surface area contributed by atoms with Crippen molar-refractivity contribution in [2.75, 3.05) is 0 Å². The van der Waals surface area contributed by atoms with Crippen molar-refractivity contribution in [3.05, 3.63) is 29.8 Å². The van der Waals surface area contributed by atoms with E-state index in [1.54, 1.807) is 12.1 Å². The van der Waals surface area contributed by atoms with Crippen molar-refractivity contribution < 1.29 is 14.7 Å². The van der Waals surface area contributed by atoms with E-state index in [1.165, 1.54) is 12.1 Å². The minimum absolute atomic E-state index is 0.0306. The number of hydrogen-bond acceptors (Lipinski definition) is 3. The second-order valence-electron chi connectivity index (χ2n) is 4.09. The van der Waals surface area contributed by atoms with Crippen LogP contribution in [0.2, 0.25) is 0 Å². The SMILES string of the molecule is CC(C)C(=O)CCC(=O)c1cccc(O)c1. The van der Waals surface area contributed by atoms with Crippen LogP contribution in [0.4, 0.5) is 0 Å². The molecule has 0 aliphatic heterocycles. The Morgan fingerprint density at radius 3 is 2.50 bits per heavy atom. The summed E-state index contributed by atoms with van der Waals surface area (Å²) in [5.74, 6) is 0.0245. The van der Waals surface area contributed by atoms with Gasteiger partial charge in [-0.05, 0) is 12.1 Å². The van der Waals surface area contributed by atoms with E-state index < -0.39 is 0 Å². The van der Waals surface area contributed by atoms with Crippen LogP contribution in [0.1, 0.15) is 37.0 Å². The van der Waals surface area contributed by atoms with Crippen LogP contribution < -0.4 is 0 Å². The maximum Gasteiger partial charge on any atom is 0.163 e. The summed E-state index contributed by atoms with van der Waals surface area (Å²) in [4.78, 5) is 23.0. The molecule has 0 heterocycles. The molecule has 0 unspecified atom stereocenters. The number of carbonyl (C=O) groups is 2. The van der Waals surface area contributed by atoms with Gasteiger partial charge in [0.2, 0.25) is 0 Å². The monoisotopic (exact) mass is 220 g/mol. The highest BCUT2D eigenvalue weighted by atomic mass is 16.3. The minimum atomic E-state index is -0.107. The molecule has 0 aliphatic rings. The molecule has 0 amide bonds. The standard InChI is InChI=1S/C13H16O3/c1-9(2)12(15)6-7-13(16)10-4-3-5-11(14)8-10/h3-5,8-9,14H,6-7H2,1-2H3. The molecular weight excluding hydrogens is 204 g/mol. The van der Waals surface area contributed by atoms with Gasteiger partial charge in [0.1, 0.15) is 11.5 Å². The predicted octanol–water partition coefficient (Wildman–Crippen LogP) is 2.58. The van der Waals surface area contributed by atoms with Crippen molar-refractivity contribution >= 4 is 11.6 Å². The number of benzene rings is 1. The van der Waals surface area contributed by atoms with Gasteiger partial charge in [0.15, 0.2) is 5.78 Å². The smallest absolute Gasteiger partial charge is 0.163 e. The summed E-state index contributed by atoms with van der Waals surface area (Å²) in [5, 5.41) is 9.21. The van der Waals surface area contributed by atoms with Gasteiger partial charge in [-0.1, -0.05) is 26.0 Å². The van der Waals surface area contributed by atoms with E-state index in [4.69, 9.17) is 0 Å². The van der Waals surface area contributed by atoms with Crippen LogP contribution in [0.3, 0.4) is 0 Å². The van der Waals surface area contributed by atoms with Crippen molar-refractivity contribution in [1.29, 1.82) is 0 Å². The van der Waals surface area contributed by atoms with Crippen LogP contribution in [0.5, 0.6) is 5.75 Å². The fourth-order valence-electron chi connectivity index (χ4n) is 1.35. The summed E-state index contributed by atoms with van der Waals surface area (Å²) in [6, 6.07) is 6.19. The van der Waals surface area contributed by atoms with Crippen LogP contribution in [0.15, 0.2) is 24.3 Å². The van der Waals surface area contributed by atoms with Crippen LogP contribution in [0.25, 0.3) is 0 Å². The van der Waals surface area contributed by atoms with E-state index in [0.717, 1.165) is 0 Å². The topological polar surface area (TPSA) is 54.4 Å². The van der Waals surface area contributed by atoms with E-state index in [-0.39, 0.29) is 36.1 Å². The lowest BCUT2D eigenvalue weighted by Crippen LogP contribution is -2.09. The number of phenolic OH excluding ortho intramolecular Hbond substituents is 1. The second-order valence-corrected chi connectivity index (χ2v) is 4.09. The third kappa shape index (κ3) is 3.50. The normalized spacial score (nSPS) is 10.4. The molecule has 86 valence electrons. The average molecular weight is 220 g/mol. The molecule has 3 nitrogen and oxygen atoms in total. The largest absolute Gasteiger partial charge is 0.508 e. The van der Waals surface area contributed by atoms with Gasteiger partial charge in [-0.3, -0.25) is 9.59 Å². The maximum atomic E-state index is 11.7. The van der Waals surface area contributed by atoms with Crippen LogP contribution in [-0.2, 0) is 4.79 Å². The second kappa shape index (κ2) is 5.45. The maximum absolute atomic E-state index is 11.7. The van der Waals surface area contributed by atoms with Gasteiger partial charge < -0.3 is 5.11 Å². The number of Topliss-reactive ketones (excluding diaryl/α,β-unsaturated/α-hetero) is 2. The first kappa shape index (κ1) is 12.4. The van der Waals surface area contributed by atoms with Gasteiger partial charge >= 0.3 is 0 Å². The molecule has 0 spiro atoms. The zero-order chi connectivity index (χ0) is 12.1. The van der Waals surface area contributed by atoms with E-state index in [1.807, 2.05) is 13.8 Å². The summed E-state index contributed by atoms with van der Waals surface area (Å²) >= 11 is 0. The van der Waals surface area contributed by atoms with Crippen LogP contribution in [0, 0.1) is 5.92 Å². The Balaban J connectivity index is 2.57. The Kier molecular flexibility index (Phi) is 4.23. The highest BCUT2D eigenvalue weighted by molar-refractivity contribution is 5.98. The van der Waals surface area contributed by atoms with Crippen LogP contribution in [-0.4, -0.2) is 16.7 Å². The van der Waals surface area contributed by atoms with Crippen molar-refractivity contribution in [1.82, 2.24) is 0 Å². The molecule has 0 fully saturated rings. The van der Waals surface area contributed by atoms with E-state index >= 15 is 0 Å². The lowest BCUT2D eigenvalue weighted by molar-refractivity contribution is -0.121. The fraction of sp³-hybridized carbons (Fsp3) is 0.385. The quantitative estimate of drug-likeness (QED) is 0.776. The number of hydrogen-bond donors (Lipinski definition) is 1.